The number of aromatic nitrogens is 2. The molecule has 2 aromatic rings. The predicted molar refractivity (Wildman–Crippen MR) is 74.5 cm³/mol. The lowest BCUT2D eigenvalue weighted by Crippen LogP contribution is -2.03. The second-order valence-corrected chi connectivity index (χ2v) is 4.75. The maximum atomic E-state index is 11.5. The molecule has 0 aliphatic heterocycles. The third kappa shape index (κ3) is 3.14. The number of carbonyl (C=O) groups excluding carboxylic acids is 1. The highest BCUT2D eigenvalue weighted by Gasteiger charge is 2.19. The van der Waals surface area contributed by atoms with Crippen molar-refractivity contribution < 1.29 is 19.2 Å². The van der Waals surface area contributed by atoms with Crippen LogP contribution in [0.3, 0.4) is 0 Å². The second kappa shape index (κ2) is 6.27. The molecule has 0 spiro atoms. The molecule has 1 heterocycles. The third-order valence-electron chi connectivity index (χ3n) is 2.50. The number of hydrogen-bond acceptors (Lipinski definition) is 8. The number of nitro groups is 1. The first kappa shape index (κ1) is 14.9. The van der Waals surface area contributed by atoms with Crippen LogP contribution in [0.25, 0.3) is 10.6 Å². The lowest BCUT2D eigenvalue weighted by atomic mass is 10.2. The Hall–Kier alpha value is -2.55. The number of rotatable bonds is 5. The van der Waals surface area contributed by atoms with Gasteiger partial charge in [-0.05, 0) is 19.1 Å². The van der Waals surface area contributed by atoms with Gasteiger partial charge >= 0.3 is 11.7 Å². The van der Waals surface area contributed by atoms with Gasteiger partial charge in [-0.15, -0.1) is 10.2 Å². The van der Waals surface area contributed by atoms with Crippen LogP contribution in [0.4, 0.5) is 5.69 Å². The summed E-state index contributed by atoms with van der Waals surface area (Å²) < 4.78 is 9.81. The molecule has 0 atom stereocenters. The number of nitrogens with zero attached hydrogens (tertiary/aromatic N) is 3. The van der Waals surface area contributed by atoms with E-state index in [1.165, 1.54) is 25.3 Å². The molecule has 21 heavy (non-hydrogen) atoms. The zero-order chi connectivity index (χ0) is 15.4. The van der Waals surface area contributed by atoms with Gasteiger partial charge in [-0.2, -0.15) is 0 Å². The first-order valence-electron chi connectivity index (χ1n) is 5.90. The molecule has 0 aliphatic rings. The average molecular weight is 309 g/mol. The first-order valence-corrected chi connectivity index (χ1v) is 6.72. The average Bonchev–Trinajstić information content (AvgIpc) is 2.96. The molecule has 110 valence electrons. The molecule has 0 unspecified atom stereocenters. The molecule has 0 saturated carbocycles. The van der Waals surface area contributed by atoms with E-state index in [-0.39, 0.29) is 23.1 Å². The zero-order valence-corrected chi connectivity index (χ0v) is 12.0. The summed E-state index contributed by atoms with van der Waals surface area (Å²) in [4.78, 5) is 21.8. The normalized spacial score (nSPS) is 10.2. The number of esters is 1. The summed E-state index contributed by atoms with van der Waals surface area (Å²) in [5.74, 6) is -0.430. The van der Waals surface area contributed by atoms with E-state index in [2.05, 4.69) is 10.2 Å². The number of nitro benzene ring substituents is 1. The van der Waals surface area contributed by atoms with Crippen molar-refractivity contribution in [3.63, 3.8) is 0 Å². The predicted octanol–water partition coefficient (Wildman–Crippen LogP) is 2.30. The van der Waals surface area contributed by atoms with Gasteiger partial charge in [0.25, 0.3) is 0 Å². The van der Waals surface area contributed by atoms with E-state index in [4.69, 9.17) is 9.47 Å². The Balaban J connectivity index is 2.34. The van der Waals surface area contributed by atoms with Gasteiger partial charge in [-0.1, -0.05) is 11.3 Å². The molecule has 0 aliphatic carbocycles. The molecule has 0 amide bonds. The van der Waals surface area contributed by atoms with Gasteiger partial charge in [-0.25, -0.2) is 4.79 Å². The van der Waals surface area contributed by atoms with Crippen LogP contribution in [0.5, 0.6) is 5.75 Å². The quantitative estimate of drug-likeness (QED) is 0.474. The summed E-state index contributed by atoms with van der Waals surface area (Å²) in [6.45, 7) is 1.94. The number of hydrogen-bond donors (Lipinski definition) is 0. The van der Waals surface area contributed by atoms with E-state index in [9.17, 15) is 14.9 Å². The second-order valence-electron chi connectivity index (χ2n) is 3.78. The molecular formula is C12H11N3O5S. The highest BCUT2D eigenvalue weighted by atomic mass is 32.1. The van der Waals surface area contributed by atoms with Crippen molar-refractivity contribution >= 4 is 23.0 Å². The number of ether oxygens (including phenoxy) is 2. The van der Waals surface area contributed by atoms with Crippen molar-refractivity contribution in [3.05, 3.63) is 33.3 Å². The van der Waals surface area contributed by atoms with Crippen molar-refractivity contribution in [1.82, 2.24) is 10.2 Å². The van der Waals surface area contributed by atoms with Gasteiger partial charge in [0.15, 0.2) is 5.75 Å². The largest absolute Gasteiger partial charge is 0.490 e. The van der Waals surface area contributed by atoms with E-state index in [0.29, 0.717) is 10.6 Å². The van der Waals surface area contributed by atoms with Crippen molar-refractivity contribution in [2.75, 3.05) is 13.7 Å². The lowest BCUT2D eigenvalue weighted by Gasteiger charge is -2.02. The van der Waals surface area contributed by atoms with E-state index in [1.54, 1.807) is 6.92 Å². The molecule has 1 aromatic carbocycles. The van der Waals surface area contributed by atoms with Crippen LogP contribution in [0.2, 0.25) is 0 Å². The fourth-order valence-corrected chi connectivity index (χ4v) is 2.31. The van der Waals surface area contributed by atoms with Gasteiger partial charge in [0, 0.05) is 11.6 Å². The summed E-state index contributed by atoms with van der Waals surface area (Å²) in [7, 11) is 1.34. The Morgan fingerprint density at radius 2 is 2.19 bits per heavy atom. The van der Waals surface area contributed by atoms with E-state index < -0.39 is 10.9 Å². The Bertz CT molecular complexity index is 685. The van der Waals surface area contributed by atoms with Gasteiger partial charge in [0.1, 0.15) is 5.01 Å². The Morgan fingerprint density at radius 3 is 2.81 bits per heavy atom. The van der Waals surface area contributed by atoms with Crippen LogP contribution in [-0.4, -0.2) is 34.8 Å². The molecule has 0 radical (unpaired) electrons. The van der Waals surface area contributed by atoms with Gasteiger partial charge in [0.05, 0.1) is 18.6 Å². The van der Waals surface area contributed by atoms with Gasteiger partial charge < -0.3 is 9.47 Å². The number of carbonyl (C=O) groups is 1. The van der Waals surface area contributed by atoms with Gasteiger partial charge in [0.2, 0.25) is 5.01 Å². The maximum Gasteiger partial charge on any atom is 0.369 e. The molecular weight excluding hydrogens is 298 g/mol. The molecule has 0 bridgehead atoms. The molecule has 9 heteroatoms. The third-order valence-corrected chi connectivity index (χ3v) is 3.45. The Labute approximate surface area is 123 Å². The Kier molecular flexibility index (Phi) is 4.43. The SMILES string of the molecule is CCOC(=O)c1nnc(-c2ccc([N+](=O)[O-])c(OC)c2)s1. The minimum Gasteiger partial charge on any atom is -0.490 e. The lowest BCUT2D eigenvalue weighted by molar-refractivity contribution is -0.385. The monoisotopic (exact) mass is 309 g/mol. The van der Waals surface area contributed by atoms with E-state index >= 15 is 0 Å². The fraction of sp³-hybridized carbons (Fsp3) is 0.250. The van der Waals surface area contributed by atoms with Crippen LogP contribution in [0.1, 0.15) is 16.7 Å². The van der Waals surface area contributed by atoms with Crippen molar-refractivity contribution in [3.8, 4) is 16.3 Å². The minimum absolute atomic E-state index is 0.116. The molecule has 0 saturated heterocycles. The van der Waals surface area contributed by atoms with Crippen LogP contribution in [0.15, 0.2) is 18.2 Å². The maximum absolute atomic E-state index is 11.5. The summed E-state index contributed by atoms with van der Waals surface area (Å²) in [5.41, 5.74) is 0.432. The van der Waals surface area contributed by atoms with Crippen LogP contribution < -0.4 is 4.74 Å². The van der Waals surface area contributed by atoms with Crippen LogP contribution in [-0.2, 0) is 4.74 Å². The highest BCUT2D eigenvalue weighted by molar-refractivity contribution is 7.16. The summed E-state index contributed by atoms with van der Waals surface area (Å²) >= 11 is 1.05. The fourth-order valence-electron chi connectivity index (χ4n) is 1.58. The number of methoxy groups -OCH3 is 1. The molecule has 8 nitrogen and oxygen atoms in total. The molecule has 0 fully saturated rings. The molecule has 1 aromatic heterocycles. The van der Waals surface area contributed by atoms with Gasteiger partial charge in [-0.3, -0.25) is 10.1 Å². The van der Waals surface area contributed by atoms with E-state index in [1.807, 2.05) is 0 Å². The van der Waals surface area contributed by atoms with E-state index in [0.717, 1.165) is 11.3 Å². The van der Waals surface area contributed by atoms with Crippen LogP contribution in [0, 0.1) is 10.1 Å². The van der Waals surface area contributed by atoms with Crippen LogP contribution >= 0.6 is 11.3 Å². The summed E-state index contributed by atoms with van der Waals surface area (Å²) in [6.07, 6.45) is 0. The first-order chi connectivity index (χ1) is 10.1. The molecule has 0 N–H and O–H groups in total. The van der Waals surface area contributed by atoms with Crippen molar-refractivity contribution in [2.24, 2.45) is 0 Å². The number of benzene rings is 1. The topological polar surface area (TPSA) is 104 Å². The summed E-state index contributed by atoms with van der Waals surface area (Å²) in [5, 5.41) is 19.0. The summed E-state index contributed by atoms with van der Waals surface area (Å²) in [6, 6.07) is 4.32. The minimum atomic E-state index is -0.546. The van der Waals surface area contributed by atoms with Crippen molar-refractivity contribution in [1.29, 1.82) is 0 Å². The molecule has 2 rings (SSSR count). The van der Waals surface area contributed by atoms with Crippen molar-refractivity contribution in [2.45, 2.75) is 6.92 Å². The Morgan fingerprint density at radius 1 is 1.43 bits per heavy atom. The smallest absolute Gasteiger partial charge is 0.369 e. The highest BCUT2D eigenvalue weighted by Crippen LogP contribution is 2.33. The standard InChI is InChI=1S/C12H11N3O5S/c1-3-20-12(16)11-14-13-10(21-11)7-4-5-8(15(17)18)9(6-7)19-2/h4-6H,3H2,1-2H3. The zero-order valence-electron chi connectivity index (χ0n) is 11.2.